The van der Waals surface area contributed by atoms with Crippen LogP contribution >= 0.6 is 0 Å². The first-order valence-corrected chi connectivity index (χ1v) is 12.0. The number of carbonyl (C=O) groups is 2. The number of benzene rings is 2. The van der Waals surface area contributed by atoms with Crippen LogP contribution in [0.2, 0.25) is 0 Å². The number of amides is 2. The Kier molecular flexibility index (Phi) is 7.57. The van der Waals surface area contributed by atoms with E-state index in [1.54, 1.807) is 57.2 Å². The van der Waals surface area contributed by atoms with Gasteiger partial charge in [-0.3, -0.25) is 4.79 Å². The Morgan fingerprint density at radius 3 is 2.50 bits per heavy atom. The Morgan fingerprint density at radius 1 is 1.08 bits per heavy atom. The van der Waals surface area contributed by atoms with Crippen molar-refractivity contribution in [3.05, 3.63) is 54.3 Å². The number of alkyl halides is 4. The molecule has 1 saturated heterocycles. The number of para-hydroxylation sites is 2. The number of nitrogens with zero attached hydrogens (tertiary/aromatic N) is 1. The maximum absolute atomic E-state index is 14.7. The Balaban J connectivity index is 1.55. The molecule has 0 spiro atoms. The Bertz CT molecular complexity index is 1310. The third-order valence-electron chi connectivity index (χ3n) is 5.83. The number of rotatable bonds is 5. The van der Waals surface area contributed by atoms with Gasteiger partial charge in [0, 0.05) is 29.6 Å². The number of nitrogens with one attached hydrogen (secondary N) is 1. The van der Waals surface area contributed by atoms with E-state index in [9.17, 15) is 27.2 Å². The lowest BCUT2D eigenvalue weighted by Gasteiger charge is -2.36. The van der Waals surface area contributed by atoms with E-state index in [4.69, 9.17) is 13.9 Å². The number of hydrogen-bond acceptors (Lipinski definition) is 5. The lowest BCUT2D eigenvalue weighted by Crippen LogP contribution is -2.55. The molecule has 0 radical (unpaired) electrons. The van der Waals surface area contributed by atoms with Gasteiger partial charge in [-0.1, -0.05) is 36.4 Å². The molecule has 2 amide bonds. The van der Waals surface area contributed by atoms with Gasteiger partial charge in [-0.15, -0.1) is 0 Å². The molecule has 1 aromatic heterocycles. The standard InChI is InChI=1S/C27H28F4N2O5/c1-26(2,3)38-25(35)33-12-11-19(28)20(14-33)32-24(34)22-13-16-7-6-9-18(23(16)37-22)17-8-4-5-10-21(17)36-15-27(29,30)31/h4-10,13,19-20H,11-12,14-15H2,1-3H3,(H,32,34)/t19-,20-/m1/s1. The minimum absolute atomic E-state index is 0.00411. The van der Waals surface area contributed by atoms with Crippen molar-refractivity contribution in [1.82, 2.24) is 10.2 Å². The molecule has 1 fully saturated rings. The fraction of sp³-hybridized carbons (Fsp3) is 0.407. The molecule has 4 rings (SSSR count). The summed E-state index contributed by atoms with van der Waals surface area (Å²) >= 11 is 0. The highest BCUT2D eigenvalue weighted by Crippen LogP contribution is 2.37. The first-order valence-electron chi connectivity index (χ1n) is 12.0. The highest BCUT2D eigenvalue weighted by molar-refractivity contribution is 6.00. The molecule has 7 nitrogen and oxygen atoms in total. The number of fused-ring (bicyclic) bond motifs is 1. The average molecular weight is 537 g/mol. The van der Waals surface area contributed by atoms with E-state index in [0.717, 1.165) is 0 Å². The smallest absolute Gasteiger partial charge is 0.422 e. The Hall–Kier alpha value is -3.76. The van der Waals surface area contributed by atoms with Crippen molar-refractivity contribution in [2.75, 3.05) is 19.7 Å². The second kappa shape index (κ2) is 10.5. The number of ether oxygens (including phenoxy) is 2. The third kappa shape index (κ3) is 6.56. The van der Waals surface area contributed by atoms with Gasteiger partial charge in [0.2, 0.25) is 0 Å². The van der Waals surface area contributed by atoms with Gasteiger partial charge >= 0.3 is 12.3 Å². The van der Waals surface area contributed by atoms with Crippen molar-refractivity contribution in [3.63, 3.8) is 0 Å². The topological polar surface area (TPSA) is 81.0 Å². The summed E-state index contributed by atoms with van der Waals surface area (Å²) in [4.78, 5) is 26.8. The van der Waals surface area contributed by atoms with Gasteiger partial charge in [0.1, 0.15) is 23.1 Å². The monoisotopic (exact) mass is 536 g/mol. The Morgan fingerprint density at radius 2 is 1.79 bits per heavy atom. The van der Waals surface area contributed by atoms with Crippen LogP contribution in [0.5, 0.6) is 5.75 Å². The number of halogens is 4. The summed E-state index contributed by atoms with van der Waals surface area (Å²) in [6, 6.07) is 11.7. The number of furan rings is 1. The van der Waals surface area contributed by atoms with Crippen LogP contribution in [-0.2, 0) is 4.74 Å². The van der Waals surface area contributed by atoms with Crippen LogP contribution in [-0.4, -0.2) is 60.6 Å². The molecule has 1 aliphatic rings. The third-order valence-corrected chi connectivity index (χ3v) is 5.83. The summed E-state index contributed by atoms with van der Waals surface area (Å²) in [6.07, 6.45) is -6.45. The van der Waals surface area contributed by atoms with Crippen molar-refractivity contribution >= 4 is 23.0 Å². The summed E-state index contributed by atoms with van der Waals surface area (Å²) in [6.45, 7) is 3.80. The maximum Gasteiger partial charge on any atom is 0.422 e. The normalized spacial score (nSPS) is 18.3. The van der Waals surface area contributed by atoms with E-state index in [-0.39, 0.29) is 36.6 Å². The first-order chi connectivity index (χ1) is 17.8. The van der Waals surface area contributed by atoms with E-state index in [1.165, 1.54) is 17.0 Å². The fourth-order valence-electron chi connectivity index (χ4n) is 4.15. The van der Waals surface area contributed by atoms with Gasteiger partial charge in [0.15, 0.2) is 12.4 Å². The quantitative estimate of drug-likeness (QED) is 0.398. The van der Waals surface area contributed by atoms with Crippen LogP contribution < -0.4 is 10.1 Å². The SMILES string of the molecule is CC(C)(C)OC(=O)N1CC[C@@H](F)[C@H](NC(=O)c2cc3cccc(-c4ccccc4OCC(F)(F)F)c3o2)C1. The highest BCUT2D eigenvalue weighted by atomic mass is 19.4. The second-order valence-electron chi connectivity index (χ2n) is 10.0. The average Bonchev–Trinajstić information content (AvgIpc) is 3.27. The number of hydrogen-bond donors (Lipinski definition) is 1. The number of carbonyl (C=O) groups excluding carboxylic acids is 2. The molecule has 0 saturated carbocycles. The van der Waals surface area contributed by atoms with Gasteiger partial charge < -0.3 is 24.1 Å². The lowest BCUT2D eigenvalue weighted by atomic mass is 10.0. The molecule has 204 valence electrons. The molecule has 0 aliphatic carbocycles. The van der Waals surface area contributed by atoms with Crippen molar-refractivity contribution in [2.24, 2.45) is 0 Å². The molecular weight excluding hydrogens is 508 g/mol. The minimum atomic E-state index is -4.51. The largest absolute Gasteiger partial charge is 0.483 e. The molecule has 38 heavy (non-hydrogen) atoms. The van der Waals surface area contributed by atoms with E-state index in [2.05, 4.69) is 5.32 Å². The molecule has 2 aromatic carbocycles. The summed E-state index contributed by atoms with van der Waals surface area (Å²) in [5.74, 6) is -0.792. The number of likely N-dealkylation sites (tertiary alicyclic amines) is 1. The molecule has 0 unspecified atom stereocenters. The van der Waals surface area contributed by atoms with Crippen LogP contribution in [0, 0.1) is 0 Å². The van der Waals surface area contributed by atoms with Crippen molar-refractivity contribution < 1.29 is 41.0 Å². The summed E-state index contributed by atoms with van der Waals surface area (Å²) in [5.41, 5.74) is 0.325. The zero-order valence-corrected chi connectivity index (χ0v) is 21.1. The van der Waals surface area contributed by atoms with E-state index in [1.807, 2.05) is 0 Å². The zero-order valence-electron chi connectivity index (χ0n) is 21.1. The summed E-state index contributed by atoms with van der Waals surface area (Å²) in [7, 11) is 0. The Labute approximate surface area is 216 Å². The van der Waals surface area contributed by atoms with Gasteiger partial charge in [0.25, 0.3) is 5.91 Å². The van der Waals surface area contributed by atoms with Crippen molar-refractivity contribution in [3.8, 4) is 16.9 Å². The minimum Gasteiger partial charge on any atom is -0.483 e. The molecule has 2 heterocycles. The van der Waals surface area contributed by atoms with E-state index in [0.29, 0.717) is 16.5 Å². The molecular formula is C27H28F4N2O5. The van der Waals surface area contributed by atoms with E-state index >= 15 is 0 Å². The number of piperidine rings is 1. The predicted molar refractivity (Wildman–Crippen MR) is 132 cm³/mol. The maximum atomic E-state index is 14.7. The van der Waals surface area contributed by atoms with Gasteiger partial charge in [0.05, 0.1) is 6.04 Å². The first kappa shape index (κ1) is 27.3. The highest BCUT2D eigenvalue weighted by Gasteiger charge is 2.35. The zero-order chi connectivity index (χ0) is 27.7. The van der Waals surface area contributed by atoms with Crippen LogP contribution in [0.15, 0.2) is 52.9 Å². The predicted octanol–water partition coefficient (Wildman–Crippen LogP) is 6.12. The molecule has 1 aliphatic heterocycles. The van der Waals surface area contributed by atoms with Crippen LogP contribution in [0.1, 0.15) is 37.7 Å². The molecule has 2 atom stereocenters. The molecule has 1 N–H and O–H groups in total. The summed E-state index contributed by atoms with van der Waals surface area (Å²) in [5, 5.41) is 3.12. The van der Waals surface area contributed by atoms with Crippen LogP contribution in [0.4, 0.5) is 22.4 Å². The lowest BCUT2D eigenvalue weighted by molar-refractivity contribution is -0.153. The van der Waals surface area contributed by atoms with Crippen molar-refractivity contribution in [1.29, 1.82) is 0 Å². The second-order valence-corrected chi connectivity index (χ2v) is 10.0. The van der Waals surface area contributed by atoms with Crippen molar-refractivity contribution in [2.45, 2.75) is 51.2 Å². The van der Waals surface area contributed by atoms with Gasteiger partial charge in [-0.25, -0.2) is 9.18 Å². The summed E-state index contributed by atoms with van der Waals surface area (Å²) < 4.78 is 69.1. The fourth-order valence-corrected chi connectivity index (χ4v) is 4.15. The molecule has 3 aromatic rings. The van der Waals surface area contributed by atoms with Gasteiger partial charge in [-0.2, -0.15) is 13.2 Å². The van der Waals surface area contributed by atoms with Gasteiger partial charge in [-0.05, 0) is 39.3 Å². The van der Waals surface area contributed by atoms with Crippen LogP contribution in [0.3, 0.4) is 0 Å². The molecule has 0 bridgehead atoms. The van der Waals surface area contributed by atoms with Crippen LogP contribution in [0.25, 0.3) is 22.1 Å². The van der Waals surface area contributed by atoms with E-state index < -0.39 is 42.6 Å². The molecule has 11 heteroatoms.